The largest absolute Gasteiger partial charge is 0.480 e. The van der Waals surface area contributed by atoms with Gasteiger partial charge in [0.1, 0.15) is 10.5 Å². The van der Waals surface area contributed by atoms with Crippen LogP contribution >= 0.6 is 11.3 Å². The summed E-state index contributed by atoms with van der Waals surface area (Å²) in [5.74, 6) is -0.750. The quantitative estimate of drug-likeness (QED) is 0.940. The molecule has 0 amide bonds. The first-order valence-corrected chi connectivity index (χ1v) is 7.82. The molecule has 0 aliphatic carbocycles. The van der Waals surface area contributed by atoms with Crippen LogP contribution in [0.5, 0.6) is 0 Å². The maximum atomic E-state index is 11.5. The fraction of sp³-hybridized carbons (Fsp3) is 0.400. The lowest BCUT2D eigenvalue weighted by Gasteiger charge is -2.30. The lowest BCUT2D eigenvalue weighted by molar-refractivity contribution is -0.148. The van der Waals surface area contributed by atoms with Gasteiger partial charge in [-0.05, 0) is 38.4 Å². The Morgan fingerprint density at radius 3 is 3.10 bits per heavy atom. The van der Waals surface area contributed by atoms with Gasteiger partial charge >= 0.3 is 5.97 Å². The van der Waals surface area contributed by atoms with E-state index in [4.69, 9.17) is 0 Å². The standard InChI is InChI=1S/C15H17N3O2S/c1-15(14(19)20)6-4-8-18(15)9-11-10-21-13(17-11)12-5-2-3-7-16-12/h2-3,5,7,10H,4,6,8-9H2,1H3,(H,19,20). The maximum Gasteiger partial charge on any atom is 0.323 e. The van der Waals surface area contributed by atoms with Gasteiger partial charge in [-0.25, -0.2) is 4.98 Å². The van der Waals surface area contributed by atoms with Gasteiger partial charge in [-0.1, -0.05) is 6.07 Å². The zero-order valence-corrected chi connectivity index (χ0v) is 12.6. The number of aromatic nitrogens is 2. The first-order valence-electron chi connectivity index (χ1n) is 6.94. The van der Waals surface area contributed by atoms with Gasteiger partial charge in [0.15, 0.2) is 0 Å². The van der Waals surface area contributed by atoms with Crippen molar-refractivity contribution in [3.8, 4) is 10.7 Å². The van der Waals surface area contributed by atoms with Crippen LogP contribution in [0, 0.1) is 0 Å². The smallest absolute Gasteiger partial charge is 0.323 e. The van der Waals surface area contributed by atoms with Gasteiger partial charge in [-0.3, -0.25) is 14.7 Å². The minimum atomic E-state index is -0.769. The number of hydrogen-bond acceptors (Lipinski definition) is 5. The molecule has 1 aliphatic heterocycles. The van der Waals surface area contributed by atoms with Crippen LogP contribution in [0.15, 0.2) is 29.8 Å². The minimum absolute atomic E-state index is 0.576. The molecule has 0 bridgehead atoms. The highest BCUT2D eigenvalue weighted by Crippen LogP contribution is 2.31. The molecule has 1 fully saturated rings. The summed E-state index contributed by atoms with van der Waals surface area (Å²) in [6.07, 6.45) is 3.36. The summed E-state index contributed by atoms with van der Waals surface area (Å²) in [7, 11) is 0. The molecule has 1 atom stereocenters. The summed E-state index contributed by atoms with van der Waals surface area (Å²) in [4.78, 5) is 22.4. The third-order valence-electron chi connectivity index (χ3n) is 4.04. The van der Waals surface area contributed by atoms with E-state index in [1.165, 1.54) is 0 Å². The summed E-state index contributed by atoms with van der Waals surface area (Å²) in [5, 5.41) is 12.3. The van der Waals surface area contributed by atoms with Crippen molar-refractivity contribution in [3.05, 3.63) is 35.5 Å². The van der Waals surface area contributed by atoms with Gasteiger partial charge in [0.05, 0.1) is 11.4 Å². The first kappa shape index (κ1) is 14.2. The van der Waals surface area contributed by atoms with Gasteiger partial charge in [0.2, 0.25) is 0 Å². The average molecular weight is 303 g/mol. The topological polar surface area (TPSA) is 66.3 Å². The van der Waals surface area contributed by atoms with E-state index in [-0.39, 0.29) is 0 Å². The van der Waals surface area contributed by atoms with Crippen LogP contribution in [0.1, 0.15) is 25.5 Å². The number of carboxylic acid groups (broad SMARTS) is 1. The predicted molar refractivity (Wildman–Crippen MR) is 81.0 cm³/mol. The Labute approximate surface area is 127 Å². The van der Waals surface area contributed by atoms with Gasteiger partial charge < -0.3 is 5.11 Å². The second-order valence-corrected chi connectivity index (χ2v) is 6.32. The molecular weight excluding hydrogens is 286 g/mol. The lowest BCUT2D eigenvalue weighted by atomic mass is 9.99. The summed E-state index contributed by atoms with van der Waals surface area (Å²) in [6, 6.07) is 5.74. The van der Waals surface area contributed by atoms with E-state index in [0.717, 1.165) is 29.4 Å². The van der Waals surface area contributed by atoms with Crippen LogP contribution in [0.3, 0.4) is 0 Å². The molecule has 0 saturated carbocycles. The maximum absolute atomic E-state index is 11.5. The molecule has 2 aromatic rings. The van der Waals surface area contributed by atoms with Gasteiger partial charge in [0.25, 0.3) is 0 Å². The number of aliphatic carboxylic acids is 1. The summed E-state index contributed by atoms with van der Waals surface area (Å²) >= 11 is 1.55. The monoisotopic (exact) mass is 303 g/mol. The van der Waals surface area contributed by atoms with Crippen LogP contribution in [-0.2, 0) is 11.3 Å². The highest BCUT2D eigenvalue weighted by Gasteiger charge is 2.43. The van der Waals surface area contributed by atoms with E-state index in [2.05, 4.69) is 9.97 Å². The Morgan fingerprint density at radius 2 is 2.38 bits per heavy atom. The average Bonchev–Trinajstić information content (AvgIpc) is 3.09. The summed E-state index contributed by atoms with van der Waals surface area (Å²) in [5.41, 5.74) is 1.00. The van der Waals surface area contributed by atoms with Crippen LogP contribution in [0.2, 0.25) is 0 Å². The SMILES string of the molecule is CC1(C(=O)O)CCCN1Cc1csc(-c2ccccn2)n1. The van der Waals surface area contributed by atoms with E-state index in [1.54, 1.807) is 24.5 Å². The van der Waals surface area contributed by atoms with E-state index >= 15 is 0 Å². The molecule has 1 N–H and O–H groups in total. The van der Waals surface area contributed by atoms with Gasteiger partial charge in [0, 0.05) is 18.1 Å². The molecule has 3 rings (SSSR count). The summed E-state index contributed by atoms with van der Waals surface area (Å²) in [6.45, 7) is 3.18. The van der Waals surface area contributed by atoms with E-state index in [0.29, 0.717) is 13.0 Å². The second-order valence-electron chi connectivity index (χ2n) is 5.46. The molecule has 1 aliphatic rings. The molecule has 5 nitrogen and oxygen atoms in total. The molecule has 0 radical (unpaired) electrons. The summed E-state index contributed by atoms with van der Waals surface area (Å²) < 4.78 is 0. The van der Waals surface area contributed by atoms with Crippen molar-refractivity contribution in [2.24, 2.45) is 0 Å². The number of rotatable bonds is 4. The fourth-order valence-corrected chi connectivity index (χ4v) is 3.48. The lowest BCUT2D eigenvalue weighted by Crippen LogP contribution is -2.47. The molecule has 0 spiro atoms. The van der Waals surface area contributed by atoms with E-state index in [9.17, 15) is 9.90 Å². The van der Waals surface area contributed by atoms with Crippen molar-refractivity contribution in [2.45, 2.75) is 31.8 Å². The van der Waals surface area contributed by atoms with Crippen molar-refractivity contribution in [2.75, 3.05) is 6.54 Å². The van der Waals surface area contributed by atoms with Crippen molar-refractivity contribution < 1.29 is 9.90 Å². The third kappa shape index (κ3) is 2.69. The normalized spacial score (nSPS) is 22.5. The predicted octanol–water partition coefficient (Wildman–Crippen LogP) is 2.64. The number of carboxylic acids is 1. The van der Waals surface area contributed by atoms with E-state index < -0.39 is 11.5 Å². The Bertz CT molecular complexity index is 643. The molecule has 21 heavy (non-hydrogen) atoms. The number of carbonyl (C=O) groups is 1. The van der Waals surface area contributed by atoms with Crippen LogP contribution < -0.4 is 0 Å². The molecule has 0 aromatic carbocycles. The molecule has 1 saturated heterocycles. The van der Waals surface area contributed by atoms with Crippen LogP contribution in [0.25, 0.3) is 10.7 Å². The Balaban J connectivity index is 1.77. The number of likely N-dealkylation sites (tertiary alicyclic amines) is 1. The zero-order chi connectivity index (χ0) is 14.9. The number of hydrogen-bond donors (Lipinski definition) is 1. The molecule has 110 valence electrons. The minimum Gasteiger partial charge on any atom is -0.480 e. The third-order valence-corrected chi connectivity index (χ3v) is 4.95. The van der Waals surface area contributed by atoms with Crippen molar-refractivity contribution in [1.82, 2.24) is 14.9 Å². The van der Waals surface area contributed by atoms with Gasteiger partial charge in [-0.2, -0.15) is 0 Å². The number of thiazole rings is 1. The number of nitrogens with zero attached hydrogens (tertiary/aromatic N) is 3. The molecular formula is C15H17N3O2S. The van der Waals surface area contributed by atoms with Crippen LogP contribution in [0.4, 0.5) is 0 Å². The molecule has 6 heteroatoms. The van der Waals surface area contributed by atoms with Crippen molar-refractivity contribution in [3.63, 3.8) is 0 Å². The Morgan fingerprint density at radius 1 is 1.52 bits per heavy atom. The molecule has 1 unspecified atom stereocenters. The second kappa shape index (κ2) is 5.54. The van der Waals surface area contributed by atoms with E-state index in [1.807, 2.05) is 28.5 Å². The van der Waals surface area contributed by atoms with Crippen molar-refractivity contribution in [1.29, 1.82) is 0 Å². The molecule has 3 heterocycles. The van der Waals surface area contributed by atoms with Crippen LogP contribution in [-0.4, -0.2) is 38.0 Å². The highest BCUT2D eigenvalue weighted by molar-refractivity contribution is 7.13. The van der Waals surface area contributed by atoms with Gasteiger partial charge in [-0.15, -0.1) is 11.3 Å². The Hall–Kier alpha value is -1.79. The van der Waals surface area contributed by atoms with Crippen molar-refractivity contribution >= 4 is 17.3 Å². The Kier molecular flexibility index (Phi) is 3.73. The zero-order valence-electron chi connectivity index (χ0n) is 11.8. The molecule has 2 aromatic heterocycles. The number of pyridine rings is 1. The fourth-order valence-electron chi connectivity index (χ4n) is 2.70. The highest BCUT2D eigenvalue weighted by atomic mass is 32.1. The first-order chi connectivity index (χ1) is 10.1.